The predicted octanol–water partition coefficient (Wildman–Crippen LogP) is 1.26. The third-order valence-corrected chi connectivity index (χ3v) is 1.15. The highest BCUT2D eigenvalue weighted by atomic mass is 35.5. The van der Waals surface area contributed by atoms with Crippen LogP contribution in [-0.4, -0.2) is 17.1 Å². The van der Waals surface area contributed by atoms with Crippen LogP contribution in [0.2, 0.25) is 0 Å². The molecule has 0 saturated heterocycles. The highest BCUT2D eigenvalue weighted by Gasteiger charge is 2.20. The Morgan fingerprint density at radius 1 is 1.55 bits per heavy atom. The molecule has 0 radical (unpaired) electrons. The molecule has 0 unspecified atom stereocenters. The van der Waals surface area contributed by atoms with Gasteiger partial charge in [0.25, 0.3) is 0 Å². The van der Waals surface area contributed by atoms with Crippen molar-refractivity contribution in [1.29, 1.82) is 0 Å². The maximum Gasteiger partial charge on any atom is 0.320 e. The number of carboxylic acids is 1. The smallest absolute Gasteiger partial charge is 0.320 e. The van der Waals surface area contributed by atoms with Crippen LogP contribution in [0.15, 0.2) is 0 Å². The Morgan fingerprint density at radius 2 is 1.91 bits per heavy atom. The average Bonchev–Trinajstić information content (AvgIpc) is 1.60. The van der Waals surface area contributed by atoms with Gasteiger partial charge < -0.3 is 10.8 Å². The van der Waals surface area contributed by atoms with Crippen molar-refractivity contribution in [1.82, 2.24) is 0 Å². The summed E-state index contributed by atoms with van der Waals surface area (Å²) in [5.74, 6) is -0.921. The molecule has 0 aromatic carbocycles. The van der Waals surface area contributed by atoms with Gasteiger partial charge in [-0.15, -0.1) is 12.4 Å². The van der Waals surface area contributed by atoms with Gasteiger partial charge in [-0.25, -0.2) is 0 Å². The van der Waals surface area contributed by atoms with E-state index in [4.69, 9.17) is 10.8 Å². The van der Waals surface area contributed by atoms with Gasteiger partial charge >= 0.3 is 5.97 Å². The second kappa shape index (κ2) is 4.57. The van der Waals surface area contributed by atoms with Gasteiger partial charge in [0.15, 0.2) is 0 Å². The summed E-state index contributed by atoms with van der Waals surface area (Å²) in [5.41, 5.74) is 5.30. The van der Waals surface area contributed by atoms with Crippen LogP contribution in [0.25, 0.3) is 0 Å². The zero-order valence-corrected chi connectivity index (χ0v) is 7.94. The highest BCUT2D eigenvalue weighted by Crippen LogP contribution is 2.19. The first-order chi connectivity index (χ1) is 4.33. The van der Waals surface area contributed by atoms with E-state index in [1.807, 2.05) is 20.8 Å². The summed E-state index contributed by atoms with van der Waals surface area (Å²) in [6, 6.07) is -0.722. The van der Waals surface area contributed by atoms with Crippen molar-refractivity contribution in [3.63, 3.8) is 0 Å². The van der Waals surface area contributed by atoms with Crippen molar-refractivity contribution in [3.8, 4) is 0 Å². The Hall–Kier alpha value is -0.280. The molecule has 0 aromatic heterocycles. The first-order valence-electron chi connectivity index (χ1n) is 3.31. The van der Waals surface area contributed by atoms with E-state index < -0.39 is 12.0 Å². The number of aliphatic carboxylic acids is 1. The van der Waals surface area contributed by atoms with Crippen LogP contribution in [0.4, 0.5) is 0 Å². The molecule has 0 aromatic rings. The first kappa shape index (κ1) is 13.3. The largest absolute Gasteiger partial charge is 0.480 e. The Labute approximate surface area is 73.4 Å². The summed E-state index contributed by atoms with van der Waals surface area (Å²) in [4.78, 5) is 10.3. The lowest BCUT2D eigenvalue weighted by Gasteiger charge is -2.20. The fourth-order valence-corrected chi connectivity index (χ4v) is 0.747. The molecule has 0 aliphatic carbocycles. The van der Waals surface area contributed by atoms with E-state index in [-0.39, 0.29) is 17.8 Å². The van der Waals surface area contributed by atoms with Crippen LogP contribution < -0.4 is 5.73 Å². The Balaban J connectivity index is 0. The summed E-state index contributed by atoms with van der Waals surface area (Å²) in [6.45, 7) is 5.90. The molecule has 0 aliphatic rings. The third-order valence-electron chi connectivity index (χ3n) is 1.15. The SMILES string of the molecule is CC(C)(C)C[C@H](N)C(=O)O.Cl. The monoisotopic (exact) mass is 181 g/mol. The second-order valence-corrected chi connectivity index (χ2v) is 3.71. The van der Waals surface area contributed by atoms with Crippen LogP contribution in [0.3, 0.4) is 0 Å². The maximum absolute atomic E-state index is 10.3. The molecular weight excluding hydrogens is 166 g/mol. The normalized spacial score (nSPS) is 13.5. The van der Waals surface area contributed by atoms with E-state index in [1.54, 1.807) is 0 Å². The zero-order valence-electron chi connectivity index (χ0n) is 7.13. The standard InChI is InChI=1S/C7H15NO2.ClH/c1-7(2,3)4-5(8)6(9)10;/h5H,4,8H2,1-3H3,(H,9,10);1H/t5-;/m0./s1. The number of carboxylic acid groups (broad SMARTS) is 1. The van der Waals surface area contributed by atoms with Crippen LogP contribution in [0.1, 0.15) is 27.2 Å². The highest BCUT2D eigenvalue weighted by molar-refractivity contribution is 5.85. The lowest BCUT2D eigenvalue weighted by Crippen LogP contribution is -2.34. The van der Waals surface area contributed by atoms with E-state index in [9.17, 15) is 4.79 Å². The molecule has 0 fully saturated rings. The van der Waals surface area contributed by atoms with Crippen molar-refractivity contribution in [3.05, 3.63) is 0 Å². The minimum atomic E-state index is -0.921. The minimum Gasteiger partial charge on any atom is -0.480 e. The van der Waals surface area contributed by atoms with Gasteiger partial charge in [0.1, 0.15) is 6.04 Å². The third kappa shape index (κ3) is 7.62. The van der Waals surface area contributed by atoms with Gasteiger partial charge in [0.05, 0.1) is 0 Å². The van der Waals surface area contributed by atoms with Gasteiger partial charge in [-0.2, -0.15) is 0 Å². The van der Waals surface area contributed by atoms with Crippen molar-refractivity contribution in [2.75, 3.05) is 0 Å². The molecule has 0 heterocycles. The van der Waals surface area contributed by atoms with Crippen LogP contribution in [0.5, 0.6) is 0 Å². The molecule has 0 bridgehead atoms. The molecule has 3 N–H and O–H groups in total. The van der Waals surface area contributed by atoms with Crippen LogP contribution in [0, 0.1) is 5.41 Å². The van der Waals surface area contributed by atoms with Crippen molar-refractivity contribution < 1.29 is 9.90 Å². The van der Waals surface area contributed by atoms with Crippen LogP contribution in [-0.2, 0) is 4.79 Å². The second-order valence-electron chi connectivity index (χ2n) is 3.71. The van der Waals surface area contributed by atoms with E-state index in [0.29, 0.717) is 6.42 Å². The van der Waals surface area contributed by atoms with E-state index in [0.717, 1.165) is 0 Å². The average molecular weight is 182 g/mol. The molecule has 0 aliphatic heterocycles. The number of hydrogen-bond donors (Lipinski definition) is 2. The van der Waals surface area contributed by atoms with Gasteiger partial charge in [0.2, 0.25) is 0 Å². The van der Waals surface area contributed by atoms with Crippen molar-refractivity contribution in [2.45, 2.75) is 33.2 Å². The molecule has 0 spiro atoms. The summed E-state index contributed by atoms with van der Waals surface area (Å²) >= 11 is 0. The van der Waals surface area contributed by atoms with Crippen molar-refractivity contribution >= 4 is 18.4 Å². The Morgan fingerprint density at radius 3 is 2.00 bits per heavy atom. The quantitative estimate of drug-likeness (QED) is 0.674. The summed E-state index contributed by atoms with van der Waals surface area (Å²) < 4.78 is 0. The number of nitrogens with two attached hydrogens (primary N) is 1. The van der Waals surface area contributed by atoms with Gasteiger partial charge in [0, 0.05) is 0 Å². The van der Waals surface area contributed by atoms with E-state index in [2.05, 4.69) is 0 Å². The molecule has 1 atom stereocenters. The minimum absolute atomic E-state index is 0. The first-order valence-corrected chi connectivity index (χ1v) is 3.31. The fourth-order valence-electron chi connectivity index (χ4n) is 0.747. The maximum atomic E-state index is 10.3. The summed E-state index contributed by atoms with van der Waals surface area (Å²) in [7, 11) is 0. The van der Waals surface area contributed by atoms with E-state index in [1.165, 1.54) is 0 Å². The number of hydrogen-bond acceptors (Lipinski definition) is 2. The molecule has 0 rings (SSSR count). The zero-order chi connectivity index (χ0) is 8.36. The van der Waals surface area contributed by atoms with Gasteiger partial charge in [-0.05, 0) is 11.8 Å². The number of carbonyl (C=O) groups is 1. The van der Waals surface area contributed by atoms with Crippen LogP contribution >= 0.6 is 12.4 Å². The Bertz CT molecular complexity index is 131. The Kier molecular flexibility index (Phi) is 5.53. The summed E-state index contributed by atoms with van der Waals surface area (Å²) in [6.07, 6.45) is 0.516. The molecule has 0 amide bonds. The topological polar surface area (TPSA) is 63.3 Å². The fraction of sp³-hybridized carbons (Fsp3) is 0.857. The van der Waals surface area contributed by atoms with Crippen molar-refractivity contribution in [2.24, 2.45) is 11.1 Å². The molecule has 0 saturated carbocycles. The molecular formula is C7H16ClNO2. The van der Waals surface area contributed by atoms with E-state index >= 15 is 0 Å². The lowest BCUT2D eigenvalue weighted by atomic mass is 9.88. The predicted molar refractivity (Wildman–Crippen MR) is 46.9 cm³/mol. The molecule has 11 heavy (non-hydrogen) atoms. The molecule has 3 nitrogen and oxygen atoms in total. The number of halogens is 1. The lowest BCUT2D eigenvalue weighted by molar-refractivity contribution is -0.139. The number of rotatable bonds is 2. The summed E-state index contributed by atoms with van der Waals surface area (Å²) in [5, 5.41) is 8.42. The van der Waals surface area contributed by atoms with Gasteiger partial charge in [-0.1, -0.05) is 20.8 Å². The van der Waals surface area contributed by atoms with Gasteiger partial charge in [-0.3, -0.25) is 4.79 Å². The molecule has 68 valence electrons. The molecule has 4 heteroatoms.